The Bertz CT molecular complexity index is 184. The third kappa shape index (κ3) is 5.84. The zero-order valence-electron chi connectivity index (χ0n) is 11.4. The summed E-state index contributed by atoms with van der Waals surface area (Å²) in [6, 6.07) is 0. The first-order chi connectivity index (χ1) is 8.27. The van der Waals surface area contributed by atoms with Crippen molar-refractivity contribution in [3.63, 3.8) is 0 Å². The first-order valence-corrected chi connectivity index (χ1v) is 7.02. The molecule has 3 unspecified atom stereocenters. The van der Waals surface area contributed by atoms with Crippen molar-refractivity contribution in [2.45, 2.75) is 51.6 Å². The van der Waals surface area contributed by atoms with Crippen molar-refractivity contribution in [1.82, 2.24) is 0 Å². The molecule has 0 aliphatic heterocycles. The van der Waals surface area contributed by atoms with Gasteiger partial charge in [-0.2, -0.15) is 0 Å². The van der Waals surface area contributed by atoms with Crippen molar-refractivity contribution in [3.05, 3.63) is 0 Å². The van der Waals surface area contributed by atoms with Crippen molar-refractivity contribution >= 4 is 0 Å². The van der Waals surface area contributed by atoms with E-state index < -0.39 is 0 Å². The fraction of sp³-hybridized carbons (Fsp3) is 1.00. The summed E-state index contributed by atoms with van der Waals surface area (Å²) in [7, 11) is 1.68. The summed E-state index contributed by atoms with van der Waals surface area (Å²) in [6.07, 6.45) is 6.83. The van der Waals surface area contributed by atoms with Gasteiger partial charge in [0.05, 0.1) is 19.3 Å². The normalized spacial score (nSPS) is 29.5. The minimum atomic E-state index is -0.103. The maximum absolute atomic E-state index is 9.98. The Balaban J connectivity index is 2.15. The van der Waals surface area contributed by atoms with Gasteiger partial charge in [-0.15, -0.1) is 0 Å². The number of ether oxygens (including phenoxy) is 2. The molecule has 1 N–H and O–H groups in total. The average molecular weight is 244 g/mol. The number of methoxy groups -OCH3 is 1. The van der Waals surface area contributed by atoms with E-state index in [1.807, 2.05) is 0 Å². The SMILES string of the molecule is CCCC1CCC(O)C(CCOCCOC)C1. The molecule has 0 amide bonds. The third-order valence-electron chi connectivity index (χ3n) is 3.81. The molecule has 0 bridgehead atoms. The van der Waals surface area contributed by atoms with Gasteiger partial charge in [0, 0.05) is 13.7 Å². The summed E-state index contributed by atoms with van der Waals surface area (Å²) in [4.78, 5) is 0. The van der Waals surface area contributed by atoms with Crippen LogP contribution < -0.4 is 0 Å². The predicted molar refractivity (Wildman–Crippen MR) is 69.1 cm³/mol. The van der Waals surface area contributed by atoms with Crippen molar-refractivity contribution in [2.24, 2.45) is 11.8 Å². The fourth-order valence-electron chi connectivity index (χ4n) is 2.80. The lowest BCUT2D eigenvalue weighted by Crippen LogP contribution is -2.30. The van der Waals surface area contributed by atoms with E-state index in [-0.39, 0.29) is 6.10 Å². The molecular weight excluding hydrogens is 216 g/mol. The van der Waals surface area contributed by atoms with Crippen LogP contribution in [0, 0.1) is 11.8 Å². The maximum Gasteiger partial charge on any atom is 0.0700 e. The van der Waals surface area contributed by atoms with Gasteiger partial charge in [-0.3, -0.25) is 0 Å². The van der Waals surface area contributed by atoms with E-state index in [0.29, 0.717) is 19.1 Å². The van der Waals surface area contributed by atoms with Gasteiger partial charge in [0.2, 0.25) is 0 Å². The van der Waals surface area contributed by atoms with Crippen LogP contribution in [-0.2, 0) is 9.47 Å². The van der Waals surface area contributed by atoms with Crippen LogP contribution in [-0.4, -0.2) is 38.1 Å². The smallest absolute Gasteiger partial charge is 0.0700 e. The molecule has 0 aromatic heterocycles. The van der Waals surface area contributed by atoms with Crippen molar-refractivity contribution in [3.8, 4) is 0 Å². The highest BCUT2D eigenvalue weighted by atomic mass is 16.5. The molecule has 0 heterocycles. The molecule has 0 saturated heterocycles. The van der Waals surface area contributed by atoms with Gasteiger partial charge in [-0.05, 0) is 37.5 Å². The second-order valence-corrected chi connectivity index (χ2v) is 5.19. The van der Waals surface area contributed by atoms with Crippen LogP contribution in [0.5, 0.6) is 0 Å². The van der Waals surface area contributed by atoms with Crippen LogP contribution in [0.4, 0.5) is 0 Å². The minimum Gasteiger partial charge on any atom is -0.393 e. The summed E-state index contributed by atoms with van der Waals surface area (Å²) in [5, 5.41) is 9.98. The van der Waals surface area contributed by atoms with E-state index in [2.05, 4.69) is 6.92 Å². The zero-order valence-corrected chi connectivity index (χ0v) is 11.4. The summed E-state index contributed by atoms with van der Waals surface area (Å²) >= 11 is 0. The summed E-state index contributed by atoms with van der Waals surface area (Å²) in [6.45, 7) is 4.32. The molecule has 0 radical (unpaired) electrons. The van der Waals surface area contributed by atoms with E-state index in [1.54, 1.807) is 7.11 Å². The van der Waals surface area contributed by atoms with Crippen molar-refractivity contribution in [2.75, 3.05) is 26.9 Å². The lowest BCUT2D eigenvalue weighted by Gasteiger charge is -2.33. The lowest BCUT2D eigenvalue weighted by atomic mass is 9.76. The highest BCUT2D eigenvalue weighted by Gasteiger charge is 2.28. The fourth-order valence-corrected chi connectivity index (χ4v) is 2.80. The number of hydrogen-bond donors (Lipinski definition) is 1. The van der Waals surface area contributed by atoms with Gasteiger partial charge in [0.25, 0.3) is 0 Å². The van der Waals surface area contributed by atoms with Crippen molar-refractivity contribution in [1.29, 1.82) is 0 Å². The molecule has 1 saturated carbocycles. The topological polar surface area (TPSA) is 38.7 Å². The number of aliphatic hydroxyl groups excluding tert-OH is 1. The van der Waals surface area contributed by atoms with Gasteiger partial charge in [-0.1, -0.05) is 19.8 Å². The Hall–Kier alpha value is -0.120. The summed E-state index contributed by atoms with van der Waals surface area (Å²) in [5.74, 6) is 1.27. The van der Waals surface area contributed by atoms with Crippen molar-refractivity contribution < 1.29 is 14.6 Å². The van der Waals surface area contributed by atoms with Crippen LogP contribution in [0.1, 0.15) is 45.4 Å². The molecule has 1 rings (SSSR count). The number of rotatable bonds is 8. The van der Waals surface area contributed by atoms with Crippen LogP contribution in [0.25, 0.3) is 0 Å². The molecule has 0 spiro atoms. The minimum absolute atomic E-state index is 0.103. The summed E-state index contributed by atoms with van der Waals surface area (Å²) in [5.41, 5.74) is 0. The Labute approximate surface area is 105 Å². The zero-order chi connectivity index (χ0) is 12.5. The van der Waals surface area contributed by atoms with Gasteiger partial charge in [0.15, 0.2) is 0 Å². The molecule has 1 aliphatic rings. The molecule has 1 aliphatic carbocycles. The van der Waals surface area contributed by atoms with Crippen LogP contribution in [0.3, 0.4) is 0 Å². The Morgan fingerprint density at radius 2 is 1.94 bits per heavy atom. The van der Waals surface area contributed by atoms with E-state index in [9.17, 15) is 5.11 Å². The van der Waals surface area contributed by atoms with E-state index >= 15 is 0 Å². The predicted octanol–water partition coefficient (Wildman–Crippen LogP) is 2.62. The number of aliphatic hydroxyl groups is 1. The Morgan fingerprint density at radius 3 is 2.65 bits per heavy atom. The summed E-state index contributed by atoms with van der Waals surface area (Å²) < 4.78 is 10.4. The van der Waals surface area contributed by atoms with Crippen LogP contribution >= 0.6 is 0 Å². The molecule has 17 heavy (non-hydrogen) atoms. The van der Waals surface area contributed by atoms with E-state index in [1.165, 1.54) is 25.7 Å². The largest absolute Gasteiger partial charge is 0.393 e. The standard InChI is InChI=1S/C14H28O3/c1-3-4-12-5-6-14(15)13(11-12)7-8-17-10-9-16-2/h12-15H,3-11H2,1-2H3. The lowest BCUT2D eigenvalue weighted by molar-refractivity contribution is 0.0133. The Morgan fingerprint density at radius 1 is 1.12 bits per heavy atom. The highest BCUT2D eigenvalue weighted by molar-refractivity contribution is 4.79. The highest BCUT2D eigenvalue weighted by Crippen LogP contribution is 2.33. The maximum atomic E-state index is 9.98. The van der Waals surface area contributed by atoms with Gasteiger partial charge < -0.3 is 14.6 Å². The van der Waals surface area contributed by atoms with Gasteiger partial charge in [-0.25, -0.2) is 0 Å². The second-order valence-electron chi connectivity index (χ2n) is 5.19. The first kappa shape index (κ1) is 14.9. The number of hydrogen-bond acceptors (Lipinski definition) is 3. The van der Waals surface area contributed by atoms with Gasteiger partial charge in [0.1, 0.15) is 0 Å². The quantitative estimate of drug-likeness (QED) is 0.667. The van der Waals surface area contributed by atoms with E-state index in [0.717, 1.165) is 25.4 Å². The molecule has 102 valence electrons. The Kier molecular flexibility index (Phi) is 7.82. The molecule has 3 heteroatoms. The van der Waals surface area contributed by atoms with Crippen LogP contribution in [0.2, 0.25) is 0 Å². The monoisotopic (exact) mass is 244 g/mol. The average Bonchev–Trinajstić information content (AvgIpc) is 2.33. The molecule has 3 nitrogen and oxygen atoms in total. The second kappa shape index (κ2) is 8.90. The van der Waals surface area contributed by atoms with E-state index in [4.69, 9.17) is 9.47 Å². The molecule has 0 aromatic rings. The molecule has 1 fully saturated rings. The van der Waals surface area contributed by atoms with Gasteiger partial charge >= 0.3 is 0 Å². The van der Waals surface area contributed by atoms with Crippen LogP contribution in [0.15, 0.2) is 0 Å². The first-order valence-electron chi connectivity index (χ1n) is 7.02. The molecule has 3 atom stereocenters. The molecule has 0 aromatic carbocycles. The third-order valence-corrected chi connectivity index (χ3v) is 3.81. The molecular formula is C14H28O3.